The summed E-state index contributed by atoms with van der Waals surface area (Å²) < 4.78 is 14.9. The number of piperazine rings is 1. The van der Waals surface area contributed by atoms with E-state index in [9.17, 15) is 9.18 Å². The Hall–Kier alpha value is -2.89. The van der Waals surface area contributed by atoms with Crippen LogP contribution in [0.1, 0.15) is 21.6 Å². The largest absolute Gasteiger partial charge is 0.368 e. The molecule has 0 saturated carbocycles. The second-order valence-corrected chi connectivity index (χ2v) is 6.74. The number of halogens is 1. The fraction of sp³-hybridized carbons (Fsp3) is 0.300. The molecule has 1 saturated heterocycles. The number of carbonyl (C=O) groups excluding carboxylic acids is 1. The van der Waals surface area contributed by atoms with Gasteiger partial charge in [0.15, 0.2) is 0 Å². The molecule has 0 aliphatic carbocycles. The summed E-state index contributed by atoms with van der Waals surface area (Å²) >= 11 is 0. The molecule has 0 bridgehead atoms. The minimum Gasteiger partial charge on any atom is -0.368 e. The van der Waals surface area contributed by atoms with Crippen molar-refractivity contribution in [2.75, 3.05) is 31.1 Å². The van der Waals surface area contributed by atoms with Crippen LogP contribution >= 0.6 is 0 Å². The van der Waals surface area contributed by atoms with Crippen molar-refractivity contribution in [3.05, 3.63) is 65.4 Å². The first-order valence-corrected chi connectivity index (χ1v) is 8.77. The number of anilines is 1. The summed E-state index contributed by atoms with van der Waals surface area (Å²) in [7, 11) is 0. The highest BCUT2D eigenvalue weighted by Crippen LogP contribution is 2.24. The van der Waals surface area contributed by atoms with Gasteiger partial charge in [-0.1, -0.05) is 12.1 Å². The molecule has 0 atom stereocenters. The minimum atomic E-state index is -0.351. The second kappa shape index (κ2) is 6.44. The van der Waals surface area contributed by atoms with Crippen molar-refractivity contribution < 1.29 is 9.18 Å². The monoisotopic (exact) mass is 352 g/mol. The summed E-state index contributed by atoms with van der Waals surface area (Å²) in [4.78, 5) is 21.2. The van der Waals surface area contributed by atoms with Crippen LogP contribution in [0.4, 0.5) is 10.1 Å². The third kappa shape index (κ3) is 2.92. The zero-order chi connectivity index (χ0) is 18.3. The number of nitrogens with zero attached hydrogens (tertiary/aromatic N) is 4. The Morgan fingerprint density at radius 1 is 1.04 bits per heavy atom. The summed E-state index contributed by atoms with van der Waals surface area (Å²) in [5.74, 6) is -0.453. The Bertz CT molecular complexity index is 973. The van der Waals surface area contributed by atoms with Gasteiger partial charge in [-0.05, 0) is 43.2 Å². The van der Waals surface area contributed by atoms with Crippen molar-refractivity contribution in [3.63, 3.8) is 0 Å². The fourth-order valence-corrected chi connectivity index (χ4v) is 3.46. The number of pyridine rings is 1. The Kier molecular flexibility index (Phi) is 4.11. The lowest BCUT2D eigenvalue weighted by Gasteiger charge is -2.36. The minimum absolute atomic E-state index is 0.102. The average Bonchev–Trinajstić information content (AvgIpc) is 3.07. The van der Waals surface area contributed by atoms with Gasteiger partial charge < -0.3 is 14.2 Å². The van der Waals surface area contributed by atoms with E-state index in [0.29, 0.717) is 24.4 Å². The predicted molar refractivity (Wildman–Crippen MR) is 99.2 cm³/mol. The SMILES string of the molecule is Cc1cccc(N2CCN(C(=O)c3cn4cc(F)ccc4n3)CC2)c1C. The van der Waals surface area contributed by atoms with Crippen LogP contribution in [0.5, 0.6) is 0 Å². The van der Waals surface area contributed by atoms with Gasteiger partial charge in [-0.25, -0.2) is 9.37 Å². The number of hydrogen-bond donors (Lipinski definition) is 0. The molecule has 134 valence electrons. The number of hydrogen-bond acceptors (Lipinski definition) is 3. The normalized spacial score (nSPS) is 14.9. The molecule has 1 aliphatic rings. The Morgan fingerprint density at radius 3 is 2.58 bits per heavy atom. The molecule has 0 spiro atoms. The van der Waals surface area contributed by atoms with E-state index >= 15 is 0 Å². The first-order valence-electron chi connectivity index (χ1n) is 8.77. The summed E-state index contributed by atoms with van der Waals surface area (Å²) in [5.41, 5.74) is 4.73. The highest BCUT2D eigenvalue weighted by molar-refractivity contribution is 5.93. The molecule has 4 rings (SSSR count). The third-order valence-electron chi connectivity index (χ3n) is 5.12. The first-order chi connectivity index (χ1) is 12.5. The lowest BCUT2D eigenvalue weighted by molar-refractivity contribution is 0.0741. The molecule has 3 aromatic rings. The number of aryl methyl sites for hydroxylation is 1. The second-order valence-electron chi connectivity index (χ2n) is 6.74. The Morgan fingerprint density at radius 2 is 1.81 bits per heavy atom. The van der Waals surface area contributed by atoms with E-state index in [1.54, 1.807) is 16.7 Å². The zero-order valence-electron chi connectivity index (χ0n) is 14.9. The van der Waals surface area contributed by atoms with E-state index in [1.807, 2.05) is 4.90 Å². The first kappa shape index (κ1) is 16.6. The number of carbonyl (C=O) groups is 1. The summed E-state index contributed by atoms with van der Waals surface area (Å²) in [6.45, 7) is 7.13. The Balaban J connectivity index is 1.48. The van der Waals surface area contributed by atoms with Crippen molar-refractivity contribution in [1.29, 1.82) is 0 Å². The molecule has 0 unspecified atom stereocenters. The third-order valence-corrected chi connectivity index (χ3v) is 5.12. The zero-order valence-corrected chi connectivity index (χ0v) is 14.9. The number of aromatic nitrogens is 2. The molecule has 3 heterocycles. The van der Waals surface area contributed by atoms with Gasteiger partial charge >= 0.3 is 0 Å². The van der Waals surface area contributed by atoms with Gasteiger partial charge in [0.05, 0.1) is 0 Å². The van der Waals surface area contributed by atoms with Gasteiger partial charge in [-0.3, -0.25) is 4.79 Å². The quantitative estimate of drug-likeness (QED) is 0.712. The fourth-order valence-electron chi connectivity index (χ4n) is 3.46. The van der Waals surface area contributed by atoms with E-state index in [4.69, 9.17) is 0 Å². The molecule has 5 nitrogen and oxygen atoms in total. The van der Waals surface area contributed by atoms with Gasteiger partial charge in [0, 0.05) is 44.3 Å². The molecule has 2 aromatic heterocycles. The van der Waals surface area contributed by atoms with Gasteiger partial charge in [0.1, 0.15) is 17.2 Å². The number of benzene rings is 1. The number of imidazole rings is 1. The van der Waals surface area contributed by atoms with Crippen molar-refractivity contribution >= 4 is 17.2 Å². The number of amides is 1. The predicted octanol–water partition coefficient (Wildman–Crippen LogP) is 3.05. The van der Waals surface area contributed by atoms with Crippen LogP contribution in [-0.4, -0.2) is 46.4 Å². The van der Waals surface area contributed by atoms with Crippen molar-refractivity contribution in [3.8, 4) is 0 Å². The summed E-state index contributed by atoms with van der Waals surface area (Å²) in [6, 6.07) is 9.25. The van der Waals surface area contributed by atoms with Gasteiger partial charge in [0.2, 0.25) is 0 Å². The van der Waals surface area contributed by atoms with Crippen LogP contribution in [0.3, 0.4) is 0 Å². The smallest absolute Gasteiger partial charge is 0.274 e. The van der Waals surface area contributed by atoms with Crippen LogP contribution < -0.4 is 4.90 Å². The highest BCUT2D eigenvalue weighted by atomic mass is 19.1. The van der Waals surface area contributed by atoms with E-state index in [2.05, 4.69) is 41.9 Å². The molecular weight excluding hydrogens is 331 g/mol. The van der Waals surface area contributed by atoms with Crippen LogP contribution in [0.2, 0.25) is 0 Å². The van der Waals surface area contributed by atoms with Crippen LogP contribution in [0.25, 0.3) is 5.65 Å². The molecule has 0 N–H and O–H groups in total. The van der Waals surface area contributed by atoms with Crippen molar-refractivity contribution in [2.24, 2.45) is 0 Å². The van der Waals surface area contributed by atoms with Gasteiger partial charge in [-0.2, -0.15) is 0 Å². The molecular formula is C20H21FN4O. The Labute approximate surface area is 151 Å². The van der Waals surface area contributed by atoms with Crippen LogP contribution in [0, 0.1) is 19.7 Å². The average molecular weight is 352 g/mol. The van der Waals surface area contributed by atoms with Gasteiger partial charge in [-0.15, -0.1) is 0 Å². The maximum absolute atomic E-state index is 13.3. The summed E-state index contributed by atoms with van der Waals surface area (Å²) in [5, 5.41) is 0. The molecule has 1 aromatic carbocycles. The number of fused-ring (bicyclic) bond motifs is 1. The molecule has 1 aliphatic heterocycles. The molecule has 1 amide bonds. The van der Waals surface area contributed by atoms with Crippen LogP contribution in [-0.2, 0) is 0 Å². The molecule has 1 fully saturated rings. The molecule has 0 radical (unpaired) electrons. The summed E-state index contributed by atoms with van der Waals surface area (Å²) in [6.07, 6.45) is 2.93. The topological polar surface area (TPSA) is 40.9 Å². The van der Waals surface area contributed by atoms with E-state index in [-0.39, 0.29) is 11.7 Å². The lowest BCUT2D eigenvalue weighted by Crippen LogP contribution is -2.49. The van der Waals surface area contributed by atoms with E-state index in [0.717, 1.165) is 13.1 Å². The molecule has 6 heteroatoms. The molecule has 26 heavy (non-hydrogen) atoms. The van der Waals surface area contributed by atoms with Crippen molar-refractivity contribution in [2.45, 2.75) is 13.8 Å². The lowest BCUT2D eigenvalue weighted by atomic mass is 10.1. The van der Waals surface area contributed by atoms with E-state index < -0.39 is 0 Å². The standard InChI is InChI=1S/C20H21FN4O/c1-14-4-3-5-18(15(14)2)23-8-10-24(11-9-23)20(26)17-13-25-12-16(21)6-7-19(25)22-17/h3-7,12-13H,8-11H2,1-2H3. The van der Waals surface area contributed by atoms with E-state index in [1.165, 1.54) is 29.1 Å². The maximum atomic E-state index is 13.3. The highest BCUT2D eigenvalue weighted by Gasteiger charge is 2.24. The number of rotatable bonds is 2. The van der Waals surface area contributed by atoms with Crippen molar-refractivity contribution in [1.82, 2.24) is 14.3 Å². The maximum Gasteiger partial charge on any atom is 0.274 e. The van der Waals surface area contributed by atoms with Gasteiger partial charge in [0.25, 0.3) is 5.91 Å². The van der Waals surface area contributed by atoms with Crippen LogP contribution in [0.15, 0.2) is 42.7 Å².